The van der Waals surface area contributed by atoms with Crippen LogP contribution < -0.4 is 20.1 Å². The van der Waals surface area contributed by atoms with E-state index in [0.29, 0.717) is 40.3 Å². The maximum Gasteiger partial charge on any atom is 0.251 e. The van der Waals surface area contributed by atoms with Gasteiger partial charge in [-0.05, 0) is 42.3 Å². The number of ether oxygens (including phenoxy) is 2. The van der Waals surface area contributed by atoms with Crippen molar-refractivity contribution in [1.29, 1.82) is 0 Å². The number of anilines is 1. The summed E-state index contributed by atoms with van der Waals surface area (Å²) in [4.78, 5) is 25.5. The van der Waals surface area contributed by atoms with Gasteiger partial charge in [0.2, 0.25) is 5.91 Å². The number of carbonyl (C=O) groups excluding carboxylic acids is 2. The largest absolute Gasteiger partial charge is 0.497 e. The van der Waals surface area contributed by atoms with Crippen molar-refractivity contribution in [2.45, 2.75) is 31.6 Å². The number of benzene rings is 2. The molecule has 3 aromatic rings. The minimum Gasteiger partial charge on any atom is -0.497 e. The summed E-state index contributed by atoms with van der Waals surface area (Å²) in [5, 5.41) is 15.2. The number of methoxy groups -OCH3 is 2. The van der Waals surface area contributed by atoms with Crippen molar-refractivity contribution in [1.82, 2.24) is 20.1 Å². The molecule has 0 bridgehead atoms. The summed E-state index contributed by atoms with van der Waals surface area (Å²) in [7, 11) is 3.13. The van der Waals surface area contributed by atoms with Gasteiger partial charge in [-0.15, -0.1) is 16.8 Å². The lowest BCUT2D eigenvalue weighted by Crippen LogP contribution is -2.33. The Hall–Kier alpha value is -3.79. The van der Waals surface area contributed by atoms with Crippen molar-refractivity contribution in [3.63, 3.8) is 0 Å². The average molecular weight is 510 g/mol. The average Bonchev–Trinajstić information content (AvgIpc) is 3.28. The number of carbonyl (C=O) groups is 2. The van der Waals surface area contributed by atoms with Gasteiger partial charge in [-0.25, -0.2) is 0 Å². The number of aromatic nitrogens is 3. The molecular formula is C26H31N5O4S. The van der Waals surface area contributed by atoms with Crippen molar-refractivity contribution in [2.24, 2.45) is 5.92 Å². The standard InChI is InChI=1S/C26H31N5O4S/c1-6-15-31-24(23(17(2)3)28-25(33)18-11-13-19(34-4)14-12-18)29-30-26(31)36-16-22(32)27-20-9-7-8-10-21(20)35-5/h6-14,17,23H,1,15-16H2,2-5H3,(H,27,32)(H,28,33). The number of thioether (sulfide) groups is 1. The number of hydrogen-bond acceptors (Lipinski definition) is 7. The summed E-state index contributed by atoms with van der Waals surface area (Å²) in [6, 6.07) is 13.7. The first kappa shape index (κ1) is 26.8. The molecule has 1 aromatic heterocycles. The van der Waals surface area contributed by atoms with E-state index in [1.54, 1.807) is 56.7 Å². The number of para-hydroxylation sites is 2. The van der Waals surface area contributed by atoms with Gasteiger partial charge in [0.15, 0.2) is 11.0 Å². The minimum atomic E-state index is -0.399. The highest BCUT2D eigenvalue weighted by atomic mass is 32.2. The van der Waals surface area contributed by atoms with Crippen molar-refractivity contribution in [3.8, 4) is 11.5 Å². The third kappa shape index (κ3) is 6.66. The van der Waals surface area contributed by atoms with Gasteiger partial charge in [-0.1, -0.05) is 43.8 Å². The second-order valence-electron chi connectivity index (χ2n) is 8.20. The van der Waals surface area contributed by atoms with Crippen LogP contribution >= 0.6 is 11.8 Å². The predicted molar refractivity (Wildman–Crippen MR) is 141 cm³/mol. The highest BCUT2D eigenvalue weighted by Crippen LogP contribution is 2.27. The summed E-state index contributed by atoms with van der Waals surface area (Å²) < 4.78 is 12.3. The molecule has 190 valence electrons. The van der Waals surface area contributed by atoms with Gasteiger partial charge in [0.25, 0.3) is 5.91 Å². The van der Waals surface area contributed by atoms with E-state index in [4.69, 9.17) is 9.47 Å². The number of nitrogens with one attached hydrogen (secondary N) is 2. The molecule has 2 amide bonds. The van der Waals surface area contributed by atoms with Crippen LogP contribution in [0.2, 0.25) is 0 Å². The lowest BCUT2D eigenvalue weighted by molar-refractivity contribution is -0.113. The Labute approximate surface area is 215 Å². The van der Waals surface area contributed by atoms with E-state index in [-0.39, 0.29) is 23.5 Å². The van der Waals surface area contributed by atoms with E-state index in [2.05, 4.69) is 27.4 Å². The quantitative estimate of drug-likeness (QED) is 0.276. The molecular weight excluding hydrogens is 478 g/mol. The highest BCUT2D eigenvalue weighted by Gasteiger charge is 2.26. The molecule has 2 N–H and O–H groups in total. The first-order valence-electron chi connectivity index (χ1n) is 11.4. The second kappa shape index (κ2) is 12.8. The van der Waals surface area contributed by atoms with Crippen LogP contribution in [0.5, 0.6) is 11.5 Å². The molecule has 36 heavy (non-hydrogen) atoms. The lowest BCUT2D eigenvalue weighted by atomic mass is 10.0. The lowest BCUT2D eigenvalue weighted by Gasteiger charge is -2.22. The third-order valence-electron chi connectivity index (χ3n) is 5.35. The Bertz CT molecular complexity index is 1190. The fraction of sp³-hybridized carbons (Fsp3) is 0.308. The van der Waals surface area contributed by atoms with Gasteiger partial charge in [0, 0.05) is 12.1 Å². The molecule has 0 aliphatic carbocycles. The van der Waals surface area contributed by atoms with Crippen molar-refractivity contribution in [2.75, 3.05) is 25.3 Å². The Kier molecular flexibility index (Phi) is 9.52. The summed E-state index contributed by atoms with van der Waals surface area (Å²) >= 11 is 1.26. The molecule has 1 heterocycles. The fourth-order valence-corrected chi connectivity index (χ4v) is 4.25. The van der Waals surface area contributed by atoms with Crippen LogP contribution in [0.4, 0.5) is 5.69 Å². The summed E-state index contributed by atoms with van der Waals surface area (Å²) in [5.74, 6) is 1.58. The highest BCUT2D eigenvalue weighted by molar-refractivity contribution is 7.99. The second-order valence-corrected chi connectivity index (χ2v) is 9.14. The molecule has 0 saturated carbocycles. The maximum atomic E-state index is 13.0. The molecule has 1 atom stereocenters. The van der Waals surface area contributed by atoms with Gasteiger partial charge in [-0.2, -0.15) is 0 Å². The van der Waals surface area contributed by atoms with Crippen molar-refractivity contribution >= 4 is 29.3 Å². The zero-order chi connectivity index (χ0) is 26.1. The van der Waals surface area contributed by atoms with Crippen LogP contribution in [0.15, 0.2) is 66.3 Å². The van der Waals surface area contributed by atoms with Crippen LogP contribution in [0.1, 0.15) is 36.1 Å². The van der Waals surface area contributed by atoms with E-state index >= 15 is 0 Å². The molecule has 2 aromatic carbocycles. The van der Waals surface area contributed by atoms with Gasteiger partial charge in [0.1, 0.15) is 11.5 Å². The van der Waals surface area contributed by atoms with Crippen molar-refractivity contribution in [3.05, 3.63) is 72.6 Å². The maximum absolute atomic E-state index is 13.0. The molecule has 1 unspecified atom stereocenters. The van der Waals surface area contributed by atoms with E-state index in [1.165, 1.54) is 11.8 Å². The first-order valence-corrected chi connectivity index (χ1v) is 12.4. The van der Waals surface area contributed by atoms with E-state index in [9.17, 15) is 9.59 Å². The molecule has 9 nitrogen and oxygen atoms in total. The third-order valence-corrected chi connectivity index (χ3v) is 6.32. The van der Waals surface area contributed by atoms with Gasteiger partial charge < -0.3 is 24.7 Å². The SMILES string of the molecule is C=CCn1c(SCC(=O)Nc2ccccc2OC)nnc1C(NC(=O)c1ccc(OC)cc1)C(C)C. The number of nitrogens with zero attached hydrogens (tertiary/aromatic N) is 3. The Balaban J connectivity index is 1.75. The number of hydrogen-bond donors (Lipinski definition) is 2. The van der Waals surface area contributed by atoms with E-state index in [1.807, 2.05) is 30.5 Å². The molecule has 0 aliphatic heterocycles. The van der Waals surface area contributed by atoms with E-state index < -0.39 is 6.04 Å². The van der Waals surface area contributed by atoms with Crippen LogP contribution in [-0.4, -0.2) is 46.6 Å². The van der Waals surface area contributed by atoms with Gasteiger partial charge >= 0.3 is 0 Å². The van der Waals surface area contributed by atoms with Crippen LogP contribution in [0, 0.1) is 5.92 Å². The number of rotatable bonds is 12. The van der Waals surface area contributed by atoms with Crippen LogP contribution in [0.3, 0.4) is 0 Å². The van der Waals surface area contributed by atoms with Crippen LogP contribution in [-0.2, 0) is 11.3 Å². The van der Waals surface area contributed by atoms with E-state index in [0.717, 1.165) is 0 Å². The Morgan fingerprint density at radius 3 is 2.44 bits per heavy atom. The molecule has 0 saturated heterocycles. The topological polar surface area (TPSA) is 107 Å². The smallest absolute Gasteiger partial charge is 0.251 e. The molecule has 0 aliphatic rings. The Morgan fingerprint density at radius 2 is 1.81 bits per heavy atom. The first-order chi connectivity index (χ1) is 17.4. The summed E-state index contributed by atoms with van der Waals surface area (Å²) in [6.07, 6.45) is 1.73. The van der Waals surface area contributed by atoms with Crippen molar-refractivity contribution < 1.29 is 19.1 Å². The van der Waals surface area contributed by atoms with Crippen LogP contribution in [0.25, 0.3) is 0 Å². The molecule has 10 heteroatoms. The molecule has 0 radical (unpaired) electrons. The van der Waals surface area contributed by atoms with Gasteiger partial charge in [-0.3, -0.25) is 9.59 Å². The summed E-state index contributed by atoms with van der Waals surface area (Å²) in [6.45, 7) is 8.27. The normalized spacial score (nSPS) is 11.6. The monoisotopic (exact) mass is 509 g/mol. The molecule has 3 rings (SSSR count). The van der Waals surface area contributed by atoms with Gasteiger partial charge in [0.05, 0.1) is 31.7 Å². The zero-order valence-electron chi connectivity index (χ0n) is 20.9. The zero-order valence-corrected chi connectivity index (χ0v) is 21.7. The molecule has 0 spiro atoms. The predicted octanol–water partition coefficient (Wildman–Crippen LogP) is 4.34. The summed E-state index contributed by atoms with van der Waals surface area (Å²) in [5.41, 5.74) is 1.11. The number of amides is 2. The number of allylic oxidation sites excluding steroid dienone is 1. The molecule has 0 fully saturated rings. The minimum absolute atomic E-state index is 0.0339. The fourth-order valence-electron chi connectivity index (χ4n) is 3.50. The Morgan fingerprint density at radius 1 is 1.08 bits per heavy atom.